The molecule has 0 spiro atoms. The Morgan fingerprint density at radius 2 is 2.00 bits per heavy atom. The first-order valence-electron chi connectivity index (χ1n) is 6.01. The van der Waals surface area contributed by atoms with E-state index in [1.54, 1.807) is 0 Å². The zero-order valence-electron chi connectivity index (χ0n) is 11.3. The number of aromatic amines is 1. The first-order valence-corrected chi connectivity index (χ1v) is 6.01. The fourth-order valence-electron chi connectivity index (χ4n) is 1.56. The Morgan fingerprint density at radius 3 is 2.64 bits per heavy atom. The van der Waals surface area contributed by atoms with Gasteiger partial charge in [0.1, 0.15) is 11.4 Å². The van der Waals surface area contributed by atoms with E-state index in [2.05, 4.69) is 10.5 Å². The summed E-state index contributed by atoms with van der Waals surface area (Å²) in [5.41, 5.74) is 0.357. The van der Waals surface area contributed by atoms with Crippen molar-refractivity contribution in [2.75, 3.05) is 0 Å². The largest absolute Gasteiger partial charge is 0.494 e. The molecule has 3 N–H and O–H groups in total. The first kappa shape index (κ1) is 15.2. The molecule has 22 heavy (non-hydrogen) atoms. The van der Waals surface area contributed by atoms with Crippen molar-refractivity contribution in [1.82, 2.24) is 15.0 Å². The number of amides is 1. The van der Waals surface area contributed by atoms with E-state index >= 15 is 0 Å². The number of carbonyl (C=O) groups is 1. The highest BCUT2D eigenvalue weighted by Crippen LogP contribution is 2.05. The van der Waals surface area contributed by atoms with E-state index in [1.165, 1.54) is 19.2 Å². The summed E-state index contributed by atoms with van der Waals surface area (Å²) in [6.45, 7) is 0. The van der Waals surface area contributed by atoms with E-state index < -0.39 is 28.9 Å². The van der Waals surface area contributed by atoms with E-state index in [4.69, 9.17) is 0 Å². The molecule has 0 saturated carbocycles. The van der Waals surface area contributed by atoms with Crippen LogP contribution in [-0.4, -0.2) is 26.8 Å². The maximum Gasteiger partial charge on any atom is 0.330 e. The Labute approximate surface area is 122 Å². The van der Waals surface area contributed by atoms with Gasteiger partial charge in [0, 0.05) is 12.6 Å². The van der Waals surface area contributed by atoms with Crippen LogP contribution in [0.3, 0.4) is 0 Å². The average Bonchev–Trinajstić information content (AvgIpc) is 2.49. The maximum atomic E-state index is 12.7. The van der Waals surface area contributed by atoms with E-state index in [-0.39, 0.29) is 11.1 Å². The molecule has 0 aliphatic heterocycles. The van der Waals surface area contributed by atoms with Gasteiger partial charge in [0.25, 0.3) is 11.5 Å². The molecule has 1 amide bonds. The van der Waals surface area contributed by atoms with Gasteiger partial charge in [-0.3, -0.25) is 19.1 Å². The minimum Gasteiger partial charge on any atom is -0.494 e. The van der Waals surface area contributed by atoms with Crippen molar-refractivity contribution in [3.05, 3.63) is 62.0 Å². The van der Waals surface area contributed by atoms with Gasteiger partial charge in [-0.25, -0.2) is 14.6 Å². The van der Waals surface area contributed by atoms with Crippen molar-refractivity contribution in [3.63, 3.8) is 0 Å². The number of carbonyl (C=O) groups excluding carboxylic acids is 1. The molecule has 0 fully saturated rings. The fourth-order valence-corrected chi connectivity index (χ4v) is 1.56. The number of nitrogens with one attached hydrogen (secondary N) is 2. The van der Waals surface area contributed by atoms with Crippen LogP contribution in [0.1, 0.15) is 15.9 Å². The zero-order chi connectivity index (χ0) is 16.3. The Hall–Kier alpha value is -3.23. The maximum absolute atomic E-state index is 12.7. The molecule has 0 radical (unpaired) electrons. The highest BCUT2D eigenvalue weighted by Gasteiger charge is 2.10. The number of rotatable bonds is 3. The Bertz CT molecular complexity index is 852. The normalized spacial score (nSPS) is 10.8. The van der Waals surface area contributed by atoms with Crippen LogP contribution in [0, 0.1) is 5.82 Å². The number of hydrogen-bond donors (Lipinski definition) is 3. The minimum absolute atomic E-state index is 0.164. The molecule has 0 atom stereocenters. The number of hydrogen-bond acceptors (Lipinski definition) is 5. The first-order chi connectivity index (χ1) is 10.4. The third-order valence-corrected chi connectivity index (χ3v) is 2.79. The standard InChI is InChI=1S/C13H11FN4O4/c1-18-12(21)9(11(20)16-13(18)22)6-15-17-10(19)7-2-4-8(14)5-3-7/h2-6,21H,1H3,(H,17,19)(H,16,20,22). The Kier molecular flexibility index (Phi) is 4.16. The summed E-state index contributed by atoms with van der Waals surface area (Å²) in [7, 11) is 1.25. The Morgan fingerprint density at radius 1 is 1.36 bits per heavy atom. The number of benzene rings is 1. The summed E-state index contributed by atoms with van der Waals surface area (Å²) < 4.78 is 13.5. The molecule has 2 rings (SSSR count). The quantitative estimate of drug-likeness (QED) is 0.532. The third kappa shape index (κ3) is 3.08. The topological polar surface area (TPSA) is 117 Å². The predicted molar refractivity (Wildman–Crippen MR) is 75.4 cm³/mol. The molecular formula is C13H11FN4O4. The van der Waals surface area contributed by atoms with Gasteiger partial charge in [-0.1, -0.05) is 0 Å². The monoisotopic (exact) mass is 306 g/mol. The molecule has 1 aromatic carbocycles. The van der Waals surface area contributed by atoms with Gasteiger partial charge in [0.2, 0.25) is 5.88 Å². The zero-order valence-corrected chi connectivity index (χ0v) is 11.3. The van der Waals surface area contributed by atoms with E-state index in [0.29, 0.717) is 0 Å². The average molecular weight is 306 g/mol. The van der Waals surface area contributed by atoms with Crippen molar-refractivity contribution >= 4 is 12.1 Å². The molecule has 1 heterocycles. The van der Waals surface area contributed by atoms with Crippen molar-refractivity contribution in [1.29, 1.82) is 0 Å². The van der Waals surface area contributed by atoms with Crippen LogP contribution in [0.15, 0.2) is 39.0 Å². The second-order valence-corrected chi connectivity index (χ2v) is 4.26. The lowest BCUT2D eigenvalue weighted by atomic mass is 10.2. The van der Waals surface area contributed by atoms with Gasteiger partial charge < -0.3 is 5.11 Å². The molecule has 9 heteroatoms. The smallest absolute Gasteiger partial charge is 0.330 e. The molecule has 114 valence electrons. The lowest BCUT2D eigenvalue weighted by Crippen LogP contribution is -2.30. The molecule has 0 saturated heterocycles. The summed E-state index contributed by atoms with van der Waals surface area (Å²) in [4.78, 5) is 36.4. The second-order valence-electron chi connectivity index (χ2n) is 4.26. The number of aromatic hydroxyl groups is 1. The van der Waals surface area contributed by atoms with E-state index in [1.807, 2.05) is 4.98 Å². The van der Waals surface area contributed by atoms with Crippen molar-refractivity contribution < 1.29 is 14.3 Å². The van der Waals surface area contributed by atoms with Crippen LogP contribution in [0.4, 0.5) is 4.39 Å². The molecule has 0 bridgehead atoms. The van der Waals surface area contributed by atoms with Crippen LogP contribution in [0.2, 0.25) is 0 Å². The van der Waals surface area contributed by atoms with Gasteiger partial charge in [0.15, 0.2) is 0 Å². The SMILES string of the molecule is Cn1c(O)c(C=NNC(=O)c2ccc(F)cc2)c(=O)[nH]c1=O. The summed E-state index contributed by atoms with van der Waals surface area (Å²) >= 11 is 0. The van der Waals surface area contributed by atoms with Gasteiger partial charge in [-0.15, -0.1) is 0 Å². The van der Waals surface area contributed by atoms with Gasteiger partial charge in [0.05, 0.1) is 6.21 Å². The van der Waals surface area contributed by atoms with Gasteiger partial charge in [-0.05, 0) is 24.3 Å². The summed E-state index contributed by atoms with van der Waals surface area (Å²) in [5, 5.41) is 13.2. The molecule has 0 aliphatic rings. The molecule has 1 aromatic heterocycles. The van der Waals surface area contributed by atoms with Crippen LogP contribution >= 0.6 is 0 Å². The van der Waals surface area contributed by atoms with Crippen molar-refractivity contribution in [2.45, 2.75) is 0 Å². The molecule has 8 nitrogen and oxygen atoms in total. The summed E-state index contributed by atoms with van der Waals surface area (Å²) in [6.07, 6.45) is 0.898. The number of aromatic nitrogens is 2. The summed E-state index contributed by atoms with van der Waals surface area (Å²) in [6, 6.07) is 4.75. The molecular weight excluding hydrogens is 295 g/mol. The van der Waals surface area contributed by atoms with Crippen LogP contribution < -0.4 is 16.7 Å². The van der Waals surface area contributed by atoms with Crippen molar-refractivity contribution in [2.24, 2.45) is 12.1 Å². The number of hydrazone groups is 1. The predicted octanol–water partition coefficient (Wildman–Crippen LogP) is -0.318. The van der Waals surface area contributed by atoms with Crippen LogP contribution in [-0.2, 0) is 7.05 Å². The number of nitrogens with zero attached hydrogens (tertiary/aromatic N) is 2. The van der Waals surface area contributed by atoms with Crippen molar-refractivity contribution in [3.8, 4) is 5.88 Å². The van der Waals surface area contributed by atoms with E-state index in [0.717, 1.165) is 22.9 Å². The third-order valence-electron chi connectivity index (χ3n) is 2.79. The minimum atomic E-state index is -0.847. The Balaban J connectivity index is 2.18. The molecule has 0 unspecified atom stereocenters. The van der Waals surface area contributed by atoms with Crippen LogP contribution in [0.25, 0.3) is 0 Å². The summed E-state index contributed by atoms with van der Waals surface area (Å²) in [5.74, 6) is -1.70. The molecule has 0 aliphatic carbocycles. The fraction of sp³-hybridized carbons (Fsp3) is 0.0769. The second kappa shape index (κ2) is 6.04. The lowest BCUT2D eigenvalue weighted by molar-refractivity contribution is 0.0955. The van der Waals surface area contributed by atoms with Gasteiger partial charge >= 0.3 is 5.69 Å². The van der Waals surface area contributed by atoms with Gasteiger partial charge in [-0.2, -0.15) is 5.10 Å². The lowest BCUT2D eigenvalue weighted by Gasteiger charge is -2.03. The number of H-pyrrole nitrogens is 1. The molecule has 2 aromatic rings. The highest BCUT2D eigenvalue weighted by atomic mass is 19.1. The van der Waals surface area contributed by atoms with E-state index in [9.17, 15) is 23.9 Å². The highest BCUT2D eigenvalue weighted by molar-refractivity contribution is 5.94. The number of halogens is 1. The van der Waals surface area contributed by atoms with Crippen LogP contribution in [0.5, 0.6) is 5.88 Å².